The van der Waals surface area contributed by atoms with Crippen molar-refractivity contribution in [2.24, 2.45) is 0 Å². The Morgan fingerprint density at radius 2 is 2.06 bits per heavy atom. The Hall–Kier alpha value is -3.36. The van der Waals surface area contributed by atoms with Crippen molar-refractivity contribution in [3.05, 3.63) is 86.7 Å². The Morgan fingerprint density at radius 3 is 2.90 bits per heavy atom. The van der Waals surface area contributed by atoms with Crippen LogP contribution in [0.25, 0.3) is 4.96 Å². The third kappa shape index (κ3) is 5.22. The summed E-state index contributed by atoms with van der Waals surface area (Å²) < 4.78 is 12.8. The van der Waals surface area contributed by atoms with E-state index in [-0.39, 0.29) is 24.7 Å². The van der Waals surface area contributed by atoms with Crippen molar-refractivity contribution >= 4 is 39.5 Å². The Labute approximate surface area is 186 Å². The lowest BCUT2D eigenvalue weighted by Crippen LogP contribution is -2.20. The largest absolute Gasteiger partial charge is 0.485 e. The van der Waals surface area contributed by atoms with Gasteiger partial charge in [0.25, 0.3) is 11.5 Å². The van der Waals surface area contributed by atoms with Gasteiger partial charge in [0.2, 0.25) is 0 Å². The normalized spacial score (nSPS) is 10.8. The number of nitrogens with one attached hydrogen (secondary N) is 1. The maximum Gasteiger partial charge on any atom is 0.262 e. The Morgan fingerprint density at radius 1 is 1.19 bits per heavy atom. The maximum absolute atomic E-state index is 12.4. The summed E-state index contributed by atoms with van der Waals surface area (Å²) in [7, 11) is 0. The van der Waals surface area contributed by atoms with Crippen molar-refractivity contribution < 1.29 is 14.3 Å². The molecule has 0 saturated carbocycles. The number of thiazole rings is 1. The summed E-state index contributed by atoms with van der Waals surface area (Å²) in [6.45, 7) is 1.85. The molecular formula is C22H18ClN3O4S. The summed E-state index contributed by atoms with van der Waals surface area (Å²) in [5.41, 5.74) is 1.75. The van der Waals surface area contributed by atoms with Crippen molar-refractivity contribution in [2.45, 2.75) is 13.5 Å². The van der Waals surface area contributed by atoms with Gasteiger partial charge in [0, 0.05) is 22.7 Å². The number of hydrogen-bond acceptors (Lipinski definition) is 6. The Bertz CT molecular complexity index is 1300. The number of rotatable bonds is 7. The molecule has 158 valence electrons. The molecule has 9 heteroatoms. The molecule has 7 nitrogen and oxygen atoms in total. The minimum Gasteiger partial charge on any atom is -0.485 e. The highest BCUT2D eigenvalue weighted by Crippen LogP contribution is 2.29. The van der Waals surface area contributed by atoms with E-state index in [1.165, 1.54) is 21.8 Å². The molecule has 1 N–H and O–H groups in total. The number of ether oxygens (including phenoxy) is 2. The summed E-state index contributed by atoms with van der Waals surface area (Å²) in [6, 6.07) is 13.8. The summed E-state index contributed by atoms with van der Waals surface area (Å²) >= 11 is 7.45. The quantitative estimate of drug-likeness (QED) is 0.449. The number of amides is 1. The number of fused-ring (bicyclic) bond motifs is 1. The SMILES string of the molecule is Cc1cccc(OCC(=O)Nc2cc(Cl)ccc2OCc2cc(=O)n3ccsc3n2)c1. The van der Waals surface area contributed by atoms with E-state index in [2.05, 4.69) is 10.3 Å². The van der Waals surface area contributed by atoms with Crippen LogP contribution in [-0.2, 0) is 11.4 Å². The van der Waals surface area contributed by atoms with Gasteiger partial charge in [-0.15, -0.1) is 11.3 Å². The number of carbonyl (C=O) groups is 1. The van der Waals surface area contributed by atoms with E-state index < -0.39 is 0 Å². The van der Waals surface area contributed by atoms with Crippen molar-refractivity contribution in [3.8, 4) is 11.5 Å². The zero-order valence-corrected chi connectivity index (χ0v) is 18.1. The first-order chi connectivity index (χ1) is 15.0. The molecule has 0 aliphatic carbocycles. The highest BCUT2D eigenvalue weighted by Gasteiger charge is 2.11. The third-order valence-electron chi connectivity index (χ3n) is 4.31. The molecule has 2 aromatic carbocycles. The zero-order valence-electron chi connectivity index (χ0n) is 16.5. The summed E-state index contributed by atoms with van der Waals surface area (Å²) in [5.74, 6) is 0.658. The minimum absolute atomic E-state index is 0.0634. The average molecular weight is 456 g/mol. The van der Waals surface area contributed by atoms with Gasteiger partial charge in [-0.25, -0.2) is 4.98 Å². The number of anilines is 1. The molecule has 0 unspecified atom stereocenters. The number of halogens is 1. The van der Waals surface area contributed by atoms with E-state index >= 15 is 0 Å². The van der Waals surface area contributed by atoms with E-state index in [0.717, 1.165) is 5.56 Å². The van der Waals surface area contributed by atoms with Gasteiger partial charge < -0.3 is 14.8 Å². The van der Waals surface area contributed by atoms with Gasteiger partial charge in [0.15, 0.2) is 11.6 Å². The number of aryl methyl sites for hydroxylation is 1. The first-order valence-electron chi connectivity index (χ1n) is 9.35. The zero-order chi connectivity index (χ0) is 21.8. The first-order valence-corrected chi connectivity index (χ1v) is 10.6. The lowest BCUT2D eigenvalue weighted by Gasteiger charge is -2.13. The van der Waals surface area contributed by atoms with Crippen molar-refractivity contribution in [3.63, 3.8) is 0 Å². The van der Waals surface area contributed by atoms with Gasteiger partial charge in [-0.3, -0.25) is 14.0 Å². The molecule has 4 aromatic rings. The van der Waals surface area contributed by atoms with Crippen LogP contribution >= 0.6 is 22.9 Å². The molecular weight excluding hydrogens is 438 g/mol. The van der Waals surface area contributed by atoms with Crippen LogP contribution in [0.15, 0.2) is 64.9 Å². The molecule has 31 heavy (non-hydrogen) atoms. The van der Waals surface area contributed by atoms with E-state index in [4.69, 9.17) is 21.1 Å². The lowest BCUT2D eigenvalue weighted by molar-refractivity contribution is -0.118. The molecule has 4 rings (SSSR count). The molecule has 0 aliphatic rings. The summed E-state index contributed by atoms with van der Waals surface area (Å²) in [4.78, 5) is 29.5. The first kappa shape index (κ1) is 20.9. The average Bonchev–Trinajstić information content (AvgIpc) is 3.21. The number of hydrogen-bond donors (Lipinski definition) is 1. The van der Waals surface area contributed by atoms with Gasteiger partial charge in [0.05, 0.1) is 11.4 Å². The van der Waals surface area contributed by atoms with Gasteiger partial charge in [-0.05, 0) is 42.8 Å². The topological polar surface area (TPSA) is 81.9 Å². The van der Waals surface area contributed by atoms with Crippen LogP contribution in [0, 0.1) is 6.92 Å². The van der Waals surface area contributed by atoms with Crippen molar-refractivity contribution in [1.82, 2.24) is 9.38 Å². The van der Waals surface area contributed by atoms with Crippen LogP contribution in [0.5, 0.6) is 11.5 Å². The smallest absolute Gasteiger partial charge is 0.262 e. The fraction of sp³-hybridized carbons (Fsp3) is 0.136. The number of benzene rings is 2. The predicted octanol–water partition coefficient (Wildman–Crippen LogP) is 4.31. The Balaban J connectivity index is 1.44. The third-order valence-corrected chi connectivity index (χ3v) is 5.30. The van der Waals surface area contributed by atoms with E-state index in [1.54, 1.807) is 35.8 Å². The molecule has 0 saturated heterocycles. The minimum atomic E-state index is -0.356. The van der Waals surface area contributed by atoms with E-state index in [9.17, 15) is 9.59 Å². The molecule has 2 heterocycles. The van der Waals surface area contributed by atoms with Gasteiger partial charge in [0.1, 0.15) is 18.1 Å². The second-order valence-electron chi connectivity index (χ2n) is 6.72. The molecule has 0 aliphatic heterocycles. The predicted molar refractivity (Wildman–Crippen MR) is 120 cm³/mol. The van der Waals surface area contributed by atoms with Gasteiger partial charge in [-0.2, -0.15) is 0 Å². The molecule has 1 amide bonds. The van der Waals surface area contributed by atoms with Crippen molar-refractivity contribution in [2.75, 3.05) is 11.9 Å². The molecule has 0 fully saturated rings. The van der Waals surface area contributed by atoms with Crippen LogP contribution in [0.1, 0.15) is 11.3 Å². The van der Waals surface area contributed by atoms with Crippen molar-refractivity contribution in [1.29, 1.82) is 0 Å². The lowest BCUT2D eigenvalue weighted by atomic mass is 10.2. The fourth-order valence-corrected chi connectivity index (χ4v) is 3.79. The van der Waals surface area contributed by atoms with E-state index in [0.29, 0.717) is 32.9 Å². The van der Waals surface area contributed by atoms with Crippen LogP contribution < -0.4 is 20.3 Å². The van der Waals surface area contributed by atoms with Crippen LogP contribution in [0.3, 0.4) is 0 Å². The number of aromatic nitrogens is 2. The standard InChI is InChI=1S/C22H18ClN3O4S/c1-14-3-2-4-17(9-14)29-13-20(27)25-18-10-15(23)5-6-19(18)30-12-16-11-21(28)26-7-8-31-22(26)24-16/h2-11H,12-13H2,1H3,(H,25,27). The highest BCUT2D eigenvalue weighted by atomic mass is 35.5. The second-order valence-corrected chi connectivity index (χ2v) is 8.03. The maximum atomic E-state index is 12.4. The van der Waals surface area contributed by atoms with E-state index in [1.807, 2.05) is 25.1 Å². The van der Waals surface area contributed by atoms with Crippen LogP contribution in [-0.4, -0.2) is 21.9 Å². The molecule has 2 aromatic heterocycles. The highest BCUT2D eigenvalue weighted by molar-refractivity contribution is 7.15. The van der Waals surface area contributed by atoms with Crippen LogP contribution in [0.2, 0.25) is 5.02 Å². The second kappa shape index (κ2) is 9.20. The number of carbonyl (C=O) groups excluding carboxylic acids is 1. The molecule has 0 spiro atoms. The molecule has 0 bridgehead atoms. The van der Waals surface area contributed by atoms with Crippen LogP contribution in [0.4, 0.5) is 5.69 Å². The Kier molecular flexibility index (Phi) is 6.20. The summed E-state index contributed by atoms with van der Waals surface area (Å²) in [6.07, 6.45) is 1.67. The molecule has 0 radical (unpaired) electrons. The fourth-order valence-electron chi connectivity index (χ4n) is 2.88. The summed E-state index contributed by atoms with van der Waals surface area (Å²) in [5, 5.41) is 4.99. The molecule has 0 atom stereocenters. The van der Waals surface area contributed by atoms with Gasteiger partial charge >= 0.3 is 0 Å². The van der Waals surface area contributed by atoms with Gasteiger partial charge in [-0.1, -0.05) is 23.7 Å². The number of nitrogens with zero attached hydrogens (tertiary/aromatic N) is 2. The monoisotopic (exact) mass is 455 g/mol.